The lowest BCUT2D eigenvalue weighted by Crippen LogP contribution is -2.33. The van der Waals surface area contributed by atoms with E-state index in [0.29, 0.717) is 23.2 Å². The van der Waals surface area contributed by atoms with Gasteiger partial charge in [-0.3, -0.25) is 14.2 Å². The highest BCUT2D eigenvalue weighted by atomic mass is 32.1. The van der Waals surface area contributed by atoms with Gasteiger partial charge in [-0.2, -0.15) is 0 Å². The van der Waals surface area contributed by atoms with Gasteiger partial charge < -0.3 is 10.1 Å². The van der Waals surface area contributed by atoms with E-state index in [1.54, 1.807) is 7.11 Å². The molecule has 0 unspecified atom stereocenters. The van der Waals surface area contributed by atoms with E-state index in [1.807, 2.05) is 61.5 Å². The lowest BCUT2D eigenvalue weighted by Gasteiger charge is -2.08. The summed E-state index contributed by atoms with van der Waals surface area (Å²) in [6.45, 7) is 2.37. The van der Waals surface area contributed by atoms with E-state index < -0.39 is 0 Å². The van der Waals surface area contributed by atoms with Crippen LogP contribution in [0.25, 0.3) is 20.7 Å². The minimum absolute atomic E-state index is 0.0552. The van der Waals surface area contributed by atoms with Gasteiger partial charge in [0, 0.05) is 11.4 Å². The largest absolute Gasteiger partial charge is 0.497 e. The van der Waals surface area contributed by atoms with E-state index in [4.69, 9.17) is 4.74 Å². The Bertz CT molecular complexity index is 1260. The van der Waals surface area contributed by atoms with Crippen molar-refractivity contribution in [1.29, 1.82) is 0 Å². The smallest absolute Gasteiger partial charge is 0.262 e. The topological polar surface area (TPSA) is 73.2 Å². The molecule has 2 aromatic carbocycles. The molecule has 0 aliphatic rings. The number of rotatable bonds is 7. The normalized spacial score (nSPS) is 10.9. The predicted molar refractivity (Wildman–Crippen MR) is 124 cm³/mol. The first kappa shape index (κ1) is 20.8. The number of ether oxygens (including phenoxy) is 1. The standard InChI is InChI=1S/C24H23N3O3S/c1-16-21-23(31-22(16)18-6-4-3-5-7-18)26-15-27(24(21)29)14-20(28)25-13-12-17-8-10-19(30-2)11-9-17/h3-11,15H,12-14H2,1-2H3,(H,25,28). The molecule has 158 valence electrons. The van der Waals surface area contributed by atoms with Crippen LogP contribution in [0, 0.1) is 6.92 Å². The quantitative estimate of drug-likeness (QED) is 0.481. The van der Waals surface area contributed by atoms with Gasteiger partial charge in [-0.25, -0.2) is 4.98 Å². The maximum absolute atomic E-state index is 13.0. The van der Waals surface area contributed by atoms with Crippen LogP contribution in [0.1, 0.15) is 11.1 Å². The first-order valence-corrected chi connectivity index (χ1v) is 10.8. The Hall–Kier alpha value is -3.45. The van der Waals surface area contributed by atoms with Gasteiger partial charge >= 0.3 is 0 Å². The van der Waals surface area contributed by atoms with E-state index in [9.17, 15) is 9.59 Å². The van der Waals surface area contributed by atoms with Crippen molar-refractivity contribution in [1.82, 2.24) is 14.9 Å². The number of carbonyl (C=O) groups excluding carboxylic acids is 1. The molecule has 0 atom stereocenters. The van der Waals surface area contributed by atoms with Crippen LogP contribution in [0.4, 0.5) is 0 Å². The minimum Gasteiger partial charge on any atom is -0.497 e. The molecule has 2 aromatic heterocycles. The Balaban J connectivity index is 1.45. The van der Waals surface area contributed by atoms with Gasteiger partial charge in [-0.15, -0.1) is 11.3 Å². The summed E-state index contributed by atoms with van der Waals surface area (Å²) < 4.78 is 6.52. The molecule has 0 saturated heterocycles. The fourth-order valence-corrected chi connectivity index (χ4v) is 4.63. The molecule has 0 saturated carbocycles. The summed E-state index contributed by atoms with van der Waals surface area (Å²) in [6, 6.07) is 17.7. The summed E-state index contributed by atoms with van der Waals surface area (Å²) in [5.74, 6) is 0.585. The number of thiophene rings is 1. The number of fused-ring (bicyclic) bond motifs is 1. The summed E-state index contributed by atoms with van der Waals surface area (Å²) in [5.41, 5.74) is 2.87. The molecule has 0 radical (unpaired) electrons. The highest BCUT2D eigenvalue weighted by Crippen LogP contribution is 2.35. The molecule has 2 heterocycles. The molecule has 7 heteroatoms. The fraction of sp³-hybridized carbons (Fsp3) is 0.208. The summed E-state index contributed by atoms with van der Waals surface area (Å²) in [5, 5.41) is 3.46. The maximum Gasteiger partial charge on any atom is 0.262 e. The second-order valence-electron chi connectivity index (χ2n) is 7.23. The third-order valence-electron chi connectivity index (χ3n) is 5.16. The zero-order chi connectivity index (χ0) is 21.8. The Kier molecular flexibility index (Phi) is 6.13. The van der Waals surface area contributed by atoms with Crippen molar-refractivity contribution in [2.75, 3.05) is 13.7 Å². The van der Waals surface area contributed by atoms with Crippen LogP contribution in [0.5, 0.6) is 5.75 Å². The lowest BCUT2D eigenvalue weighted by atomic mass is 10.1. The minimum atomic E-state index is -0.215. The second kappa shape index (κ2) is 9.14. The zero-order valence-electron chi connectivity index (χ0n) is 17.4. The first-order valence-electron chi connectivity index (χ1n) is 10.0. The van der Waals surface area contributed by atoms with Gasteiger partial charge in [0.15, 0.2) is 0 Å². The van der Waals surface area contributed by atoms with Crippen molar-refractivity contribution in [2.45, 2.75) is 19.9 Å². The zero-order valence-corrected chi connectivity index (χ0v) is 18.2. The van der Waals surface area contributed by atoms with Gasteiger partial charge in [0.25, 0.3) is 5.56 Å². The average molecular weight is 434 g/mol. The Morgan fingerprint density at radius 2 is 1.87 bits per heavy atom. The number of aryl methyl sites for hydroxylation is 1. The van der Waals surface area contributed by atoms with Gasteiger partial charge in [0.05, 0.1) is 18.8 Å². The lowest BCUT2D eigenvalue weighted by molar-refractivity contribution is -0.121. The molecule has 6 nitrogen and oxygen atoms in total. The molecule has 0 bridgehead atoms. The van der Waals surface area contributed by atoms with Crippen molar-refractivity contribution in [3.63, 3.8) is 0 Å². The molecule has 4 rings (SSSR count). The Morgan fingerprint density at radius 3 is 2.58 bits per heavy atom. The number of amides is 1. The first-order chi connectivity index (χ1) is 15.1. The van der Waals surface area contributed by atoms with E-state index in [1.165, 1.54) is 22.2 Å². The molecule has 1 amide bonds. The molecular formula is C24H23N3O3S. The summed E-state index contributed by atoms with van der Waals surface area (Å²) in [4.78, 5) is 31.6. The number of carbonyl (C=O) groups is 1. The van der Waals surface area contributed by atoms with Crippen molar-refractivity contribution in [3.8, 4) is 16.2 Å². The maximum atomic E-state index is 13.0. The summed E-state index contributed by atoms with van der Waals surface area (Å²) in [7, 11) is 1.63. The van der Waals surface area contributed by atoms with E-state index in [0.717, 1.165) is 27.3 Å². The van der Waals surface area contributed by atoms with E-state index in [-0.39, 0.29) is 18.0 Å². The van der Waals surface area contributed by atoms with Crippen LogP contribution in [0.3, 0.4) is 0 Å². The Morgan fingerprint density at radius 1 is 1.13 bits per heavy atom. The van der Waals surface area contributed by atoms with Gasteiger partial charge in [-0.05, 0) is 42.2 Å². The van der Waals surface area contributed by atoms with Crippen LogP contribution < -0.4 is 15.6 Å². The second-order valence-corrected chi connectivity index (χ2v) is 8.23. The third kappa shape index (κ3) is 4.51. The van der Waals surface area contributed by atoms with Crippen LogP contribution >= 0.6 is 11.3 Å². The van der Waals surface area contributed by atoms with Gasteiger partial charge in [-0.1, -0.05) is 42.5 Å². The number of nitrogens with zero attached hydrogens (tertiary/aromatic N) is 2. The number of aromatic nitrogens is 2. The van der Waals surface area contributed by atoms with Crippen molar-refractivity contribution in [3.05, 3.63) is 82.4 Å². The Labute approximate surface area is 184 Å². The van der Waals surface area contributed by atoms with Crippen molar-refractivity contribution >= 4 is 27.5 Å². The summed E-state index contributed by atoms with van der Waals surface area (Å²) >= 11 is 1.50. The SMILES string of the molecule is COc1ccc(CCNC(=O)Cn2cnc3sc(-c4ccccc4)c(C)c3c2=O)cc1. The third-order valence-corrected chi connectivity index (χ3v) is 6.41. The van der Waals surface area contributed by atoms with Crippen LogP contribution in [0.15, 0.2) is 65.7 Å². The van der Waals surface area contributed by atoms with E-state index >= 15 is 0 Å². The molecule has 0 spiro atoms. The number of hydrogen-bond acceptors (Lipinski definition) is 5. The van der Waals surface area contributed by atoms with Crippen LogP contribution in [-0.2, 0) is 17.8 Å². The molecule has 0 aliphatic heterocycles. The highest BCUT2D eigenvalue weighted by Gasteiger charge is 2.16. The molecule has 31 heavy (non-hydrogen) atoms. The van der Waals surface area contributed by atoms with Gasteiger partial charge in [0.2, 0.25) is 5.91 Å². The number of nitrogens with one attached hydrogen (secondary N) is 1. The predicted octanol–water partition coefficient (Wildman–Crippen LogP) is 3.80. The molecule has 0 fully saturated rings. The average Bonchev–Trinajstić information content (AvgIpc) is 3.14. The van der Waals surface area contributed by atoms with Crippen molar-refractivity contribution < 1.29 is 9.53 Å². The molecule has 4 aromatic rings. The molecular weight excluding hydrogens is 410 g/mol. The number of methoxy groups -OCH3 is 1. The highest BCUT2D eigenvalue weighted by molar-refractivity contribution is 7.22. The number of hydrogen-bond donors (Lipinski definition) is 1. The molecule has 1 N–H and O–H groups in total. The number of benzene rings is 2. The summed E-state index contributed by atoms with van der Waals surface area (Å²) in [6.07, 6.45) is 2.16. The van der Waals surface area contributed by atoms with Crippen molar-refractivity contribution in [2.24, 2.45) is 0 Å². The van der Waals surface area contributed by atoms with Crippen LogP contribution in [-0.4, -0.2) is 29.1 Å². The van der Waals surface area contributed by atoms with Gasteiger partial charge in [0.1, 0.15) is 17.1 Å². The van der Waals surface area contributed by atoms with E-state index in [2.05, 4.69) is 10.3 Å². The fourth-order valence-electron chi connectivity index (χ4n) is 3.49. The monoisotopic (exact) mass is 433 g/mol. The molecule has 0 aliphatic carbocycles. The van der Waals surface area contributed by atoms with Crippen LogP contribution in [0.2, 0.25) is 0 Å².